The van der Waals surface area contributed by atoms with Gasteiger partial charge in [0.1, 0.15) is 6.04 Å². The molecular formula is C24H32F2N10O2. The first-order chi connectivity index (χ1) is 18.2. The molecule has 1 amide bonds. The molecule has 6 heterocycles. The fourth-order valence-electron chi connectivity index (χ4n) is 5.67. The number of nitrogens with two attached hydrogens (primary N) is 1. The van der Waals surface area contributed by atoms with Crippen molar-refractivity contribution in [3.63, 3.8) is 0 Å². The number of alkyl halides is 2. The minimum Gasteiger partial charge on any atom is -0.461 e. The standard InChI is InChI=1S/C24H32F2N10O2/c1-24(25,26)15-32-7-4-16(5-8-32)33-10-12-34(13-11-33)20(37)17-6-9-35(17)22-29-21(27)36-23(30-22)28-19(31-36)18-3-2-14-38-18/h2-3,14,16-17H,4-13,15H2,1H3,(H2,27,28,29,30,31)/t17-/m0/s1. The molecule has 0 radical (unpaired) electrons. The van der Waals surface area contributed by atoms with Gasteiger partial charge in [-0.25, -0.2) is 8.78 Å². The fourth-order valence-corrected chi connectivity index (χ4v) is 5.67. The van der Waals surface area contributed by atoms with Gasteiger partial charge in [0.2, 0.25) is 23.6 Å². The van der Waals surface area contributed by atoms with Crippen LogP contribution in [0.1, 0.15) is 26.2 Å². The van der Waals surface area contributed by atoms with E-state index in [0.29, 0.717) is 62.1 Å². The van der Waals surface area contributed by atoms with Crippen molar-refractivity contribution in [3.8, 4) is 11.6 Å². The molecule has 3 saturated heterocycles. The van der Waals surface area contributed by atoms with Crippen LogP contribution in [0.15, 0.2) is 22.8 Å². The summed E-state index contributed by atoms with van der Waals surface area (Å²) >= 11 is 0. The molecule has 0 unspecified atom stereocenters. The van der Waals surface area contributed by atoms with Crippen molar-refractivity contribution < 1.29 is 18.0 Å². The Bertz CT molecular complexity index is 1280. The molecule has 3 aliphatic heterocycles. The first-order valence-corrected chi connectivity index (χ1v) is 13.1. The molecule has 6 rings (SSSR count). The number of rotatable bonds is 6. The van der Waals surface area contributed by atoms with Crippen LogP contribution in [0.4, 0.5) is 20.7 Å². The molecule has 14 heteroatoms. The fraction of sp³-hybridized carbons (Fsp3) is 0.625. The summed E-state index contributed by atoms with van der Waals surface area (Å²) < 4.78 is 33.4. The highest BCUT2D eigenvalue weighted by Crippen LogP contribution is 2.28. The maximum atomic E-state index is 13.4. The Kier molecular flexibility index (Phi) is 6.38. The number of furan rings is 1. The highest BCUT2D eigenvalue weighted by Gasteiger charge is 2.40. The van der Waals surface area contributed by atoms with Gasteiger partial charge in [0.25, 0.3) is 11.7 Å². The van der Waals surface area contributed by atoms with Crippen LogP contribution in [-0.2, 0) is 4.79 Å². The van der Waals surface area contributed by atoms with Crippen LogP contribution in [0.5, 0.6) is 0 Å². The van der Waals surface area contributed by atoms with Crippen molar-refractivity contribution in [2.75, 3.05) is 63.0 Å². The third-order valence-electron chi connectivity index (χ3n) is 7.73. The van der Waals surface area contributed by atoms with Crippen molar-refractivity contribution in [1.82, 2.24) is 39.3 Å². The van der Waals surface area contributed by atoms with E-state index in [0.717, 1.165) is 39.3 Å². The molecule has 3 aromatic heterocycles. The molecule has 0 saturated carbocycles. The Hall–Kier alpha value is -3.39. The van der Waals surface area contributed by atoms with Gasteiger partial charge in [0.05, 0.1) is 12.8 Å². The first-order valence-electron chi connectivity index (χ1n) is 13.1. The third-order valence-corrected chi connectivity index (χ3v) is 7.73. The van der Waals surface area contributed by atoms with E-state index >= 15 is 0 Å². The molecule has 0 aliphatic carbocycles. The van der Waals surface area contributed by atoms with Crippen LogP contribution in [-0.4, -0.2) is 116 Å². The minimum absolute atomic E-state index is 0.0654. The van der Waals surface area contributed by atoms with Crippen LogP contribution in [0, 0.1) is 0 Å². The maximum Gasteiger partial charge on any atom is 0.259 e. The zero-order valence-electron chi connectivity index (χ0n) is 21.3. The predicted molar refractivity (Wildman–Crippen MR) is 135 cm³/mol. The summed E-state index contributed by atoms with van der Waals surface area (Å²) in [4.78, 5) is 34.7. The highest BCUT2D eigenvalue weighted by molar-refractivity contribution is 5.86. The second-order valence-corrected chi connectivity index (χ2v) is 10.4. The Balaban J connectivity index is 1.05. The summed E-state index contributed by atoms with van der Waals surface area (Å²) in [6, 6.07) is 3.54. The van der Waals surface area contributed by atoms with Crippen LogP contribution < -0.4 is 10.6 Å². The molecule has 38 heavy (non-hydrogen) atoms. The van der Waals surface area contributed by atoms with Gasteiger partial charge < -0.3 is 20.0 Å². The first kappa shape index (κ1) is 24.9. The number of nitrogens with zero attached hydrogens (tertiary/aromatic N) is 9. The molecule has 3 aliphatic rings. The van der Waals surface area contributed by atoms with Crippen molar-refractivity contribution >= 4 is 23.6 Å². The number of nitrogen functional groups attached to an aromatic ring is 1. The van der Waals surface area contributed by atoms with Crippen molar-refractivity contribution in [3.05, 3.63) is 18.4 Å². The summed E-state index contributed by atoms with van der Waals surface area (Å²) in [5.74, 6) is -0.946. The van der Waals surface area contributed by atoms with Gasteiger partial charge in [-0.05, 0) is 44.5 Å². The summed E-state index contributed by atoms with van der Waals surface area (Å²) in [6.07, 6.45) is 4.02. The summed E-state index contributed by atoms with van der Waals surface area (Å²) in [6.45, 7) is 5.70. The number of likely N-dealkylation sites (tertiary alicyclic amines) is 1. The van der Waals surface area contributed by atoms with E-state index in [2.05, 4.69) is 25.0 Å². The quantitative estimate of drug-likeness (QED) is 0.497. The second-order valence-electron chi connectivity index (χ2n) is 10.4. The summed E-state index contributed by atoms with van der Waals surface area (Å²) in [5.41, 5.74) is 6.14. The van der Waals surface area contributed by atoms with E-state index < -0.39 is 5.92 Å². The lowest BCUT2D eigenvalue weighted by molar-refractivity contribution is -0.136. The molecule has 3 fully saturated rings. The van der Waals surface area contributed by atoms with E-state index in [-0.39, 0.29) is 24.4 Å². The summed E-state index contributed by atoms with van der Waals surface area (Å²) in [7, 11) is 0. The SMILES string of the molecule is CC(F)(F)CN1CCC(N2CCN(C(=O)[C@@H]3CCN3c3nc(N)n4nc(-c5ccco5)nc4n3)CC2)CC1. The number of halogens is 2. The zero-order valence-corrected chi connectivity index (χ0v) is 21.3. The molecule has 12 nitrogen and oxygen atoms in total. The molecular weight excluding hydrogens is 498 g/mol. The molecule has 0 spiro atoms. The Labute approximate surface area is 218 Å². The molecule has 204 valence electrons. The summed E-state index contributed by atoms with van der Waals surface area (Å²) in [5, 5.41) is 4.32. The van der Waals surface area contributed by atoms with Gasteiger partial charge in [-0.3, -0.25) is 14.6 Å². The van der Waals surface area contributed by atoms with E-state index in [1.54, 1.807) is 12.1 Å². The number of aromatic nitrogens is 5. The minimum atomic E-state index is -2.66. The average molecular weight is 531 g/mol. The molecule has 1 atom stereocenters. The van der Waals surface area contributed by atoms with Crippen LogP contribution in [0.2, 0.25) is 0 Å². The molecule has 3 aromatic rings. The number of anilines is 2. The van der Waals surface area contributed by atoms with Crippen molar-refractivity contribution in [1.29, 1.82) is 0 Å². The number of carbonyl (C=O) groups is 1. The topological polar surface area (TPSA) is 125 Å². The van der Waals surface area contributed by atoms with Gasteiger partial charge in [0, 0.05) is 45.7 Å². The Morgan fingerprint density at radius 2 is 1.84 bits per heavy atom. The Morgan fingerprint density at radius 3 is 2.47 bits per heavy atom. The van der Waals surface area contributed by atoms with E-state index in [4.69, 9.17) is 10.2 Å². The molecule has 0 bridgehead atoms. The Morgan fingerprint density at radius 1 is 1.08 bits per heavy atom. The maximum absolute atomic E-state index is 13.4. The average Bonchev–Trinajstić information content (AvgIpc) is 3.53. The highest BCUT2D eigenvalue weighted by atomic mass is 19.3. The molecule has 2 N–H and O–H groups in total. The van der Waals surface area contributed by atoms with Gasteiger partial charge in [-0.1, -0.05) is 0 Å². The van der Waals surface area contributed by atoms with E-state index in [9.17, 15) is 13.6 Å². The lowest BCUT2D eigenvalue weighted by atomic mass is 10.00. The third kappa shape index (κ3) is 4.89. The zero-order chi connectivity index (χ0) is 26.4. The lowest BCUT2D eigenvalue weighted by Crippen LogP contribution is -2.61. The normalized spacial score (nSPS) is 22.2. The number of piperazine rings is 1. The monoisotopic (exact) mass is 530 g/mol. The second kappa shape index (κ2) is 9.73. The number of carbonyl (C=O) groups excluding carboxylic acids is 1. The van der Waals surface area contributed by atoms with E-state index in [1.165, 1.54) is 10.8 Å². The molecule has 0 aromatic carbocycles. The van der Waals surface area contributed by atoms with Gasteiger partial charge in [-0.2, -0.15) is 19.5 Å². The van der Waals surface area contributed by atoms with Gasteiger partial charge >= 0.3 is 0 Å². The predicted octanol–water partition coefficient (Wildman–Crippen LogP) is 1.20. The van der Waals surface area contributed by atoms with Crippen molar-refractivity contribution in [2.45, 2.75) is 44.2 Å². The number of piperidine rings is 1. The van der Waals surface area contributed by atoms with E-state index in [1.807, 2.05) is 14.7 Å². The van der Waals surface area contributed by atoms with Crippen LogP contribution in [0.25, 0.3) is 17.4 Å². The van der Waals surface area contributed by atoms with Crippen molar-refractivity contribution in [2.24, 2.45) is 0 Å². The van der Waals surface area contributed by atoms with Crippen LogP contribution >= 0.6 is 0 Å². The number of hydrogen-bond donors (Lipinski definition) is 1. The smallest absolute Gasteiger partial charge is 0.259 e. The largest absolute Gasteiger partial charge is 0.461 e. The van der Waals surface area contributed by atoms with Gasteiger partial charge in [0.15, 0.2) is 5.76 Å². The van der Waals surface area contributed by atoms with Gasteiger partial charge in [-0.15, -0.1) is 5.10 Å². The van der Waals surface area contributed by atoms with Crippen LogP contribution in [0.3, 0.4) is 0 Å². The number of hydrogen-bond acceptors (Lipinski definition) is 10. The number of fused-ring (bicyclic) bond motifs is 1. The lowest BCUT2D eigenvalue weighted by Gasteiger charge is -2.46. The number of amides is 1.